The van der Waals surface area contributed by atoms with E-state index in [1.807, 2.05) is 42.5 Å². The number of furan rings is 2. The highest BCUT2D eigenvalue weighted by Crippen LogP contribution is 2.40. The first-order valence-electron chi connectivity index (χ1n) is 6.74. The molecule has 21 heavy (non-hydrogen) atoms. The van der Waals surface area contributed by atoms with Crippen LogP contribution in [0.2, 0.25) is 0 Å². The van der Waals surface area contributed by atoms with Gasteiger partial charge in [-0.05, 0) is 34.7 Å². The minimum Gasteiger partial charge on any atom is -0.456 e. The predicted molar refractivity (Wildman–Crippen MR) is 93.7 cm³/mol. The lowest BCUT2D eigenvalue weighted by atomic mass is 10.1. The van der Waals surface area contributed by atoms with Crippen molar-refractivity contribution in [3.8, 4) is 0 Å². The molecule has 0 N–H and O–H groups in total. The average Bonchev–Trinajstić information content (AvgIpc) is 3.04. The summed E-state index contributed by atoms with van der Waals surface area (Å²) in [6.07, 6.45) is 0. The standard InChI is InChI=1S/C18H9IO2/c19-18-16-10-5-1-3-7-12(10)20-14(16)9-15-17(18)11-6-2-4-8-13(11)21-15/h1-9H. The molecule has 3 heteroatoms. The molecular weight excluding hydrogens is 375 g/mol. The molecule has 0 saturated carbocycles. The van der Waals surface area contributed by atoms with Gasteiger partial charge >= 0.3 is 0 Å². The van der Waals surface area contributed by atoms with Crippen LogP contribution in [0, 0.1) is 3.57 Å². The molecule has 0 amide bonds. The molecule has 100 valence electrons. The maximum Gasteiger partial charge on any atom is 0.140 e. The highest BCUT2D eigenvalue weighted by atomic mass is 127. The fraction of sp³-hybridized carbons (Fsp3) is 0. The first-order valence-corrected chi connectivity index (χ1v) is 7.82. The monoisotopic (exact) mass is 384 g/mol. The molecule has 0 aliphatic carbocycles. The summed E-state index contributed by atoms with van der Waals surface area (Å²) >= 11 is 2.41. The molecule has 0 saturated heterocycles. The van der Waals surface area contributed by atoms with Crippen molar-refractivity contribution in [3.63, 3.8) is 0 Å². The van der Waals surface area contributed by atoms with Crippen molar-refractivity contribution < 1.29 is 8.83 Å². The highest BCUT2D eigenvalue weighted by molar-refractivity contribution is 14.1. The highest BCUT2D eigenvalue weighted by Gasteiger charge is 2.17. The average molecular weight is 384 g/mol. The number of hydrogen-bond donors (Lipinski definition) is 0. The third-order valence-electron chi connectivity index (χ3n) is 3.95. The second-order valence-corrected chi connectivity index (χ2v) is 6.21. The maximum atomic E-state index is 5.97. The van der Waals surface area contributed by atoms with Gasteiger partial charge in [-0.15, -0.1) is 0 Å². The van der Waals surface area contributed by atoms with E-state index in [1.165, 1.54) is 14.3 Å². The molecule has 0 fully saturated rings. The van der Waals surface area contributed by atoms with Gasteiger partial charge in [0.05, 0.1) is 0 Å². The largest absolute Gasteiger partial charge is 0.456 e. The van der Waals surface area contributed by atoms with Crippen molar-refractivity contribution in [2.45, 2.75) is 0 Å². The summed E-state index contributed by atoms with van der Waals surface area (Å²) in [4.78, 5) is 0. The summed E-state index contributed by atoms with van der Waals surface area (Å²) in [5.41, 5.74) is 3.60. The summed E-state index contributed by atoms with van der Waals surface area (Å²) in [5, 5.41) is 4.66. The SMILES string of the molecule is Ic1c2c(cc3oc4ccccc4c13)oc1ccccc12. The quantitative estimate of drug-likeness (QED) is 0.302. The second kappa shape index (κ2) is 4.01. The van der Waals surface area contributed by atoms with Crippen LogP contribution < -0.4 is 0 Å². The van der Waals surface area contributed by atoms with Gasteiger partial charge in [0.15, 0.2) is 0 Å². The number of benzene rings is 3. The Bertz CT molecular complexity index is 1060. The molecule has 5 aromatic rings. The Morgan fingerprint density at radius 2 is 1.10 bits per heavy atom. The summed E-state index contributed by atoms with van der Waals surface area (Å²) in [7, 11) is 0. The van der Waals surface area contributed by atoms with Gasteiger partial charge < -0.3 is 8.83 Å². The Morgan fingerprint density at radius 3 is 1.62 bits per heavy atom. The van der Waals surface area contributed by atoms with Gasteiger partial charge in [0.25, 0.3) is 0 Å². The number of rotatable bonds is 0. The lowest BCUT2D eigenvalue weighted by molar-refractivity contribution is 0.656. The zero-order chi connectivity index (χ0) is 14.0. The van der Waals surface area contributed by atoms with Crippen LogP contribution >= 0.6 is 22.6 Å². The van der Waals surface area contributed by atoms with E-state index in [0.717, 1.165) is 33.1 Å². The molecule has 0 spiro atoms. The van der Waals surface area contributed by atoms with E-state index in [-0.39, 0.29) is 0 Å². The minimum atomic E-state index is 0.882. The normalized spacial score (nSPS) is 12.0. The molecule has 0 atom stereocenters. The zero-order valence-electron chi connectivity index (χ0n) is 10.9. The van der Waals surface area contributed by atoms with Crippen LogP contribution in [0.25, 0.3) is 43.9 Å². The summed E-state index contributed by atoms with van der Waals surface area (Å²) in [6, 6.07) is 18.3. The molecule has 0 bridgehead atoms. The van der Waals surface area contributed by atoms with Gasteiger partial charge in [-0.25, -0.2) is 0 Å². The molecule has 0 unspecified atom stereocenters. The van der Waals surface area contributed by atoms with Crippen LogP contribution in [-0.4, -0.2) is 0 Å². The number of para-hydroxylation sites is 2. The third-order valence-corrected chi connectivity index (χ3v) is 5.03. The number of hydrogen-bond acceptors (Lipinski definition) is 2. The summed E-state index contributed by atoms with van der Waals surface area (Å²) in [6.45, 7) is 0. The van der Waals surface area contributed by atoms with Crippen molar-refractivity contribution in [3.05, 3.63) is 58.2 Å². The van der Waals surface area contributed by atoms with E-state index in [0.29, 0.717) is 0 Å². The van der Waals surface area contributed by atoms with Gasteiger partial charge in [0.1, 0.15) is 22.3 Å². The Balaban J connectivity index is 2.12. The van der Waals surface area contributed by atoms with Crippen LogP contribution in [0.3, 0.4) is 0 Å². The van der Waals surface area contributed by atoms with Gasteiger partial charge in [0, 0.05) is 31.2 Å². The van der Waals surface area contributed by atoms with Crippen molar-refractivity contribution in [1.82, 2.24) is 0 Å². The van der Waals surface area contributed by atoms with Gasteiger partial charge in [0.2, 0.25) is 0 Å². The second-order valence-electron chi connectivity index (χ2n) is 5.13. The first kappa shape index (κ1) is 11.6. The molecule has 5 rings (SSSR count). The van der Waals surface area contributed by atoms with Crippen molar-refractivity contribution in [2.24, 2.45) is 0 Å². The maximum absolute atomic E-state index is 5.97. The fourth-order valence-corrected chi connectivity index (χ4v) is 4.14. The van der Waals surface area contributed by atoms with Crippen molar-refractivity contribution in [2.75, 3.05) is 0 Å². The Morgan fingerprint density at radius 1 is 0.619 bits per heavy atom. The van der Waals surface area contributed by atoms with Gasteiger partial charge in [-0.1, -0.05) is 36.4 Å². The van der Waals surface area contributed by atoms with Gasteiger partial charge in [-0.3, -0.25) is 0 Å². The molecule has 3 aromatic carbocycles. The molecule has 0 aliphatic heterocycles. The lowest BCUT2D eigenvalue weighted by Gasteiger charge is -1.97. The minimum absolute atomic E-state index is 0.882. The van der Waals surface area contributed by atoms with E-state index < -0.39 is 0 Å². The molecule has 2 aromatic heterocycles. The summed E-state index contributed by atoms with van der Waals surface area (Å²) < 4.78 is 13.1. The first-order chi connectivity index (χ1) is 10.3. The van der Waals surface area contributed by atoms with E-state index in [9.17, 15) is 0 Å². The van der Waals surface area contributed by atoms with Crippen LogP contribution in [0.4, 0.5) is 0 Å². The third kappa shape index (κ3) is 1.47. The molecular formula is C18H9IO2. The summed E-state index contributed by atoms with van der Waals surface area (Å²) in [5.74, 6) is 0. The molecule has 0 radical (unpaired) electrons. The van der Waals surface area contributed by atoms with Crippen LogP contribution in [-0.2, 0) is 0 Å². The topological polar surface area (TPSA) is 26.3 Å². The lowest BCUT2D eigenvalue weighted by Crippen LogP contribution is -1.77. The predicted octanol–water partition coefficient (Wildman–Crippen LogP) is 6.09. The van der Waals surface area contributed by atoms with Gasteiger partial charge in [-0.2, -0.15) is 0 Å². The van der Waals surface area contributed by atoms with E-state index in [2.05, 4.69) is 34.7 Å². The smallest absolute Gasteiger partial charge is 0.140 e. The molecule has 2 nitrogen and oxygen atoms in total. The Kier molecular flexibility index (Phi) is 2.22. The van der Waals surface area contributed by atoms with Crippen LogP contribution in [0.1, 0.15) is 0 Å². The van der Waals surface area contributed by atoms with E-state index in [4.69, 9.17) is 8.83 Å². The van der Waals surface area contributed by atoms with E-state index >= 15 is 0 Å². The van der Waals surface area contributed by atoms with E-state index in [1.54, 1.807) is 0 Å². The molecule has 0 aliphatic rings. The van der Waals surface area contributed by atoms with Crippen LogP contribution in [0.15, 0.2) is 63.4 Å². The number of fused-ring (bicyclic) bond motifs is 6. The fourth-order valence-electron chi connectivity index (χ4n) is 3.03. The van der Waals surface area contributed by atoms with Crippen LogP contribution in [0.5, 0.6) is 0 Å². The Labute approximate surface area is 133 Å². The Hall–Kier alpha value is -2.01. The van der Waals surface area contributed by atoms with Crippen molar-refractivity contribution in [1.29, 1.82) is 0 Å². The molecule has 2 heterocycles. The van der Waals surface area contributed by atoms with Crippen molar-refractivity contribution >= 4 is 66.5 Å². The number of halogens is 1. The zero-order valence-corrected chi connectivity index (χ0v) is 13.0.